The van der Waals surface area contributed by atoms with E-state index in [1.165, 1.54) is 19.3 Å². The van der Waals surface area contributed by atoms with Crippen LogP contribution in [0.25, 0.3) is 0 Å². The number of nitrogens with one attached hydrogen (secondary N) is 2. The molecule has 2 fully saturated rings. The van der Waals surface area contributed by atoms with Gasteiger partial charge in [0, 0.05) is 31.0 Å². The van der Waals surface area contributed by atoms with E-state index in [9.17, 15) is 9.59 Å². The fraction of sp³-hybridized carbons (Fsp3) is 0.889. The molecule has 0 aliphatic heterocycles. The van der Waals surface area contributed by atoms with Crippen LogP contribution in [-0.4, -0.2) is 49.9 Å². The van der Waals surface area contributed by atoms with Crippen molar-refractivity contribution in [1.82, 2.24) is 15.5 Å². The maximum Gasteiger partial charge on any atom is 0.223 e. The number of carbonyl (C=O) groups is 2. The summed E-state index contributed by atoms with van der Waals surface area (Å²) in [6.07, 6.45) is 9.45. The Balaban J connectivity index is 1.66. The van der Waals surface area contributed by atoms with Gasteiger partial charge < -0.3 is 15.5 Å². The van der Waals surface area contributed by atoms with Gasteiger partial charge in [-0.25, -0.2) is 0 Å². The highest BCUT2D eigenvalue weighted by molar-refractivity contribution is 5.81. The van der Waals surface area contributed by atoms with Gasteiger partial charge in [-0.3, -0.25) is 9.59 Å². The summed E-state index contributed by atoms with van der Waals surface area (Å²) in [5.74, 6) is 0.597. The molecule has 2 amide bonds. The summed E-state index contributed by atoms with van der Waals surface area (Å²) in [6.45, 7) is 1.57. The van der Waals surface area contributed by atoms with E-state index in [2.05, 4.69) is 15.5 Å². The van der Waals surface area contributed by atoms with Crippen LogP contribution in [0.3, 0.4) is 0 Å². The van der Waals surface area contributed by atoms with Gasteiger partial charge >= 0.3 is 0 Å². The van der Waals surface area contributed by atoms with Crippen LogP contribution < -0.4 is 10.6 Å². The fourth-order valence-electron chi connectivity index (χ4n) is 3.73. The smallest absolute Gasteiger partial charge is 0.223 e. The number of likely N-dealkylation sites (N-methyl/N-ethyl adjacent to an activating group) is 1. The summed E-state index contributed by atoms with van der Waals surface area (Å²) < 4.78 is 0. The van der Waals surface area contributed by atoms with Crippen LogP contribution in [0, 0.1) is 11.8 Å². The Kier molecular flexibility index (Phi) is 7.34. The molecule has 2 saturated carbocycles. The molecule has 0 aromatic rings. The fourth-order valence-corrected chi connectivity index (χ4v) is 3.73. The van der Waals surface area contributed by atoms with Gasteiger partial charge in [-0.15, -0.1) is 0 Å². The van der Waals surface area contributed by atoms with E-state index in [1.54, 1.807) is 0 Å². The van der Waals surface area contributed by atoms with Crippen LogP contribution in [0.2, 0.25) is 0 Å². The van der Waals surface area contributed by atoms with Gasteiger partial charge in [0.2, 0.25) is 11.8 Å². The topological polar surface area (TPSA) is 61.4 Å². The number of rotatable bonds is 6. The van der Waals surface area contributed by atoms with E-state index in [0.717, 1.165) is 45.1 Å². The average molecular weight is 323 g/mol. The molecule has 0 unspecified atom stereocenters. The number of hydrogen-bond donors (Lipinski definition) is 2. The van der Waals surface area contributed by atoms with Gasteiger partial charge in [0.15, 0.2) is 0 Å². The maximum absolute atomic E-state index is 12.4. The van der Waals surface area contributed by atoms with Crippen molar-refractivity contribution in [3.05, 3.63) is 0 Å². The van der Waals surface area contributed by atoms with Crippen molar-refractivity contribution in [1.29, 1.82) is 0 Å². The molecule has 5 nitrogen and oxygen atoms in total. The molecule has 23 heavy (non-hydrogen) atoms. The highest BCUT2D eigenvalue weighted by atomic mass is 16.2. The van der Waals surface area contributed by atoms with Gasteiger partial charge in [-0.2, -0.15) is 0 Å². The molecule has 2 aliphatic carbocycles. The van der Waals surface area contributed by atoms with E-state index < -0.39 is 0 Å². The summed E-state index contributed by atoms with van der Waals surface area (Å²) in [5, 5.41) is 6.25. The molecule has 0 heterocycles. The molecule has 0 aromatic heterocycles. The summed E-state index contributed by atoms with van der Waals surface area (Å²) in [5.41, 5.74) is 0. The monoisotopic (exact) mass is 323 g/mol. The number of nitrogens with zero attached hydrogens (tertiary/aromatic N) is 1. The van der Waals surface area contributed by atoms with Crippen LogP contribution in [-0.2, 0) is 9.59 Å². The molecule has 0 aromatic carbocycles. The number of amides is 2. The second-order valence-corrected chi connectivity index (χ2v) is 7.49. The van der Waals surface area contributed by atoms with Crippen molar-refractivity contribution in [2.45, 2.75) is 63.8 Å². The number of hydrogen-bond acceptors (Lipinski definition) is 3. The molecular weight excluding hydrogens is 290 g/mol. The van der Waals surface area contributed by atoms with Crippen LogP contribution in [0.15, 0.2) is 0 Å². The molecule has 132 valence electrons. The second-order valence-electron chi connectivity index (χ2n) is 7.49. The zero-order valence-corrected chi connectivity index (χ0v) is 14.8. The predicted molar refractivity (Wildman–Crippen MR) is 92.0 cm³/mol. The van der Waals surface area contributed by atoms with E-state index >= 15 is 0 Å². The predicted octanol–water partition coefficient (Wildman–Crippen LogP) is 1.92. The third kappa shape index (κ3) is 6.13. The largest absolute Gasteiger partial charge is 0.355 e. The van der Waals surface area contributed by atoms with Crippen LogP contribution in [0.4, 0.5) is 0 Å². The standard InChI is InChI=1S/C18H33N3O2/c1-21(2)13-12-19-17(22)14-8-10-15(11-9-14)18(23)20-16-6-4-3-5-7-16/h14-16H,3-13H2,1-2H3,(H,19,22)(H,20,23). The van der Waals surface area contributed by atoms with Crippen molar-refractivity contribution in [3.63, 3.8) is 0 Å². The Bertz CT molecular complexity index is 384. The van der Waals surface area contributed by atoms with Crippen molar-refractivity contribution < 1.29 is 9.59 Å². The van der Waals surface area contributed by atoms with Crippen LogP contribution in [0.1, 0.15) is 57.8 Å². The lowest BCUT2D eigenvalue weighted by atomic mass is 9.81. The average Bonchev–Trinajstić information content (AvgIpc) is 2.55. The van der Waals surface area contributed by atoms with Crippen molar-refractivity contribution in [2.75, 3.05) is 27.2 Å². The van der Waals surface area contributed by atoms with Crippen molar-refractivity contribution in [2.24, 2.45) is 11.8 Å². The van der Waals surface area contributed by atoms with Gasteiger partial charge in [0.05, 0.1) is 0 Å². The van der Waals surface area contributed by atoms with E-state index in [0.29, 0.717) is 12.6 Å². The Labute approximate surface area is 140 Å². The van der Waals surface area contributed by atoms with Gasteiger partial charge in [-0.05, 0) is 52.6 Å². The first kappa shape index (κ1) is 18.2. The lowest BCUT2D eigenvalue weighted by molar-refractivity contribution is -0.131. The van der Waals surface area contributed by atoms with E-state index in [1.807, 2.05) is 14.1 Å². The first-order valence-electron chi connectivity index (χ1n) is 9.29. The molecule has 5 heteroatoms. The zero-order chi connectivity index (χ0) is 16.7. The Morgan fingerprint density at radius 3 is 2.00 bits per heavy atom. The second kappa shape index (κ2) is 9.26. The zero-order valence-electron chi connectivity index (χ0n) is 14.8. The maximum atomic E-state index is 12.4. The van der Waals surface area contributed by atoms with Gasteiger partial charge in [0.25, 0.3) is 0 Å². The molecule has 2 rings (SSSR count). The van der Waals surface area contributed by atoms with Gasteiger partial charge in [-0.1, -0.05) is 19.3 Å². The minimum absolute atomic E-state index is 0.0934. The van der Waals surface area contributed by atoms with E-state index in [4.69, 9.17) is 0 Å². The van der Waals surface area contributed by atoms with Crippen molar-refractivity contribution in [3.8, 4) is 0 Å². The summed E-state index contributed by atoms with van der Waals surface area (Å²) in [6, 6.07) is 0.392. The lowest BCUT2D eigenvalue weighted by Gasteiger charge is -2.30. The highest BCUT2D eigenvalue weighted by Gasteiger charge is 2.30. The minimum atomic E-state index is 0.0934. The third-order valence-electron chi connectivity index (χ3n) is 5.28. The molecule has 0 saturated heterocycles. The Morgan fingerprint density at radius 2 is 1.43 bits per heavy atom. The summed E-state index contributed by atoms with van der Waals surface area (Å²) >= 11 is 0. The van der Waals surface area contributed by atoms with Crippen LogP contribution >= 0.6 is 0 Å². The number of carbonyl (C=O) groups excluding carboxylic acids is 2. The van der Waals surface area contributed by atoms with E-state index in [-0.39, 0.29) is 23.7 Å². The summed E-state index contributed by atoms with van der Waals surface area (Å²) in [7, 11) is 4.00. The summed E-state index contributed by atoms with van der Waals surface area (Å²) in [4.78, 5) is 26.6. The Hall–Kier alpha value is -1.10. The molecule has 2 aliphatic rings. The molecule has 0 atom stereocenters. The van der Waals surface area contributed by atoms with Gasteiger partial charge in [0.1, 0.15) is 0 Å². The molecule has 0 radical (unpaired) electrons. The van der Waals surface area contributed by atoms with Crippen molar-refractivity contribution >= 4 is 11.8 Å². The molecular formula is C18H33N3O2. The third-order valence-corrected chi connectivity index (χ3v) is 5.28. The Morgan fingerprint density at radius 1 is 0.870 bits per heavy atom. The quantitative estimate of drug-likeness (QED) is 0.785. The first-order valence-corrected chi connectivity index (χ1v) is 9.29. The highest BCUT2D eigenvalue weighted by Crippen LogP contribution is 2.29. The SMILES string of the molecule is CN(C)CCNC(=O)C1CCC(C(=O)NC2CCCCC2)CC1. The molecule has 0 bridgehead atoms. The lowest BCUT2D eigenvalue weighted by Crippen LogP contribution is -2.42. The first-order chi connectivity index (χ1) is 11.1. The molecule has 0 spiro atoms. The minimum Gasteiger partial charge on any atom is -0.355 e. The van der Waals surface area contributed by atoms with Crippen LogP contribution in [0.5, 0.6) is 0 Å². The molecule has 2 N–H and O–H groups in total. The normalized spacial score (nSPS) is 26.0.